The molecule has 20 heavy (non-hydrogen) atoms. The van der Waals surface area contributed by atoms with Crippen molar-refractivity contribution >= 4 is 12.0 Å². The molecule has 2 aromatic carbocycles. The van der Waals surface area contributed by atoms with E-state index in [-0.39, 0.29) is 6.61 Å². The van der Waals surface area contributed by atoms with Crippen LogP contribution in [0.2, 0.25) is 0 Å². The normalized spacial score (nSPS) is 11.2. The van der Waals surface area contributed by atoms with Crippen LogP contribution in [-0.4, -0.2) is 12.6 Å². The first kappa shape index (κ1) is 14.0. The Kier molecular flexibility index (Phi) is 4.66. The van der Waals surface area contributed by atoms with Gasteiger partial charge in [-0.1, -0.05) is 54.6 Å². The summed E-state index contributed by atoms with van der Waals surface area (Å²) in [6, 6.07) is 17.2. The van der Waals surface area contributed by atoms with Crippen LogP contribution < -0.4 is 0 Å². The molecule has 0 fully saturated rings. The number of esters is 1. The first-order valence-electron chi connectivity index (χ1n) is 6.40. The first-order valence-corrected chi connectivity index (χ1v) is 6.40. The van der Waals surface area contributed by atoms with Crippen LogP contribution in [0.5, 0.6) is 0 Å². The van der Waals surface area contributed by atoms with Crippen LogP contribution in [0.15, 0.2) is 60.4 Å². The summed E-state index contributed by atoms with van der Waals surface area (Å²) in [5.74, 6) is -1.82. The summed E-state index contributed by atoms with van der Waals surface area (Å²) >= 11 is 0. The number of hydrogen-bond acceptors (Lipinski definition) is 2. The minimum absolute atomic E-state index is 0.160. The Balaban J connectivity index is 2.17. The summed E-state index contributed by atoms with van der Waals surface area (Å²) < 4.78 is 18.1. The molecule has 0 bridgehead atoms. The smallest absolute Gasteiger partial charge is 0.367 e. The van der Waals surface area contributed by atoms with Crippen LogP contribution in [0.3, 0.4) is 0 Å². The van der Waals surface area contributed by atoms with E-state index in [1.807, 2.05) is 42.5 Å². The van der Waals surface area contributed by atoms with Crippen molar-refractivity contribution in [1.29, 1.82) is 0 Å². The SMILES string of the molecule is CCOC(=O)C(F)=Cc1ccc(-c2ccccc2)cc1. The van der Waals surface area contributed by atoms with Gasteiger partial charge in [-0.3, -0.25) is 0 Å². The van der Waals surface area contributed by atoms with Crippen LogP contribution >= 0.6 is 0 Å². The van der Waals surface area contributed by atoms with Crippen LogP contribution in [0.1, 0.15) is 12.5 Å². The minimum atomic E-state index is -0.931. The van der Waals surface area contributed by atoms with Gasteiger partial charge in [-0.25, -0.2) is 4.79 Å². The maximum atomic E-state index is 13.5. The fourth-order valence-electron chi connectivity index (χ4n) is 1.81. The molecule has 0 radical (unpaired) electrons. The Bertz CT molecular complexity index is 601. The molecule has 102 valence electrons. The largest absolute Gasteiger partial charge is 0.461 e. The lowest BCUT2D eigenvalue weighted by atomic mass is 10.0. The van der Waals surface area contributed by atoms with Gasteiger partial charge in [0.1, 0.15) is 0 Å². The second-order valence-corrected chi connectivity index (χ2v) is 4.20. The molecule has 0 saturated heterocycles. The Morgan fingerprint density at radius 2 is 1.65 bits per heavy atom. The predicted molar refractivity (Wildman–Crippen MR) is 77.6 cm³/mol. The first-order chi connectivity index (χ1) is 9.70. The average Bonchev–Trinajstić information content (AvgIpc) is 2.49. The summed E-state index contributed by atoms with van der Waals surface area (Å²) in [5.41, 5.74) is 2.75. The van der Waals surface area contributed by atoms with E-state index in [4.69, 9.17) is 0 Å². The highest BCUT2D eigenvalue weighted by atomic mass is 19.1. The Morgan fingerprint density at radius 3 is 2.25 bits per heavy atom. The third-order valence-electron chi connectivity index (χ3n) is 2.78. The highest BCUT2D eigenvalue weighted by Gasteiger charge is 2.09. The molecule has 0 atom stereocenters. The highest BCUT2D eigenvalue weighted by molar-refractivity contribution is 5.91. The molecule has 0 saturated carbocycles. The van der Waals surface area contributed by atoms with Crippen LogP contribution in [0, 0.1) is 0 Å². The lowest BCUT2D eigenvalue weighted by molar-refractivity contribution is -0.140. The Labute approximate surface area is 117 Å². The molecule has 0 aliphatic heterocycles. The Hall–Kier alpha value is -2.42. The van der Waals surface area contributed by atoms with Gasteiger partial charge in [-0.2, -0.15) is 4.39 Å². The van der Waals surface area contributed by atoms with Crippen molar-refractivity contribution in [2.45, 2.75) is 6.92 Å². The maximum absolute atomic E-state index is 13.5. The third-order valence-corrected chi connectivity index (χ3v) is 2.78. The van der Waals surface area contributed by atoms with Gasteiger partial charge in [0.2, 0.25) is 5.83 Å². The molecule has 0 N–H and O–H groups in total. The molecule has 2 rings (SSSR count). The molecule has 0 unspecified atom stereocenters. The van der Waals surface area contributed by atoms with Crippen molar-refractivity contribution in [1.82, 2.24) is 0 Å². The molecule has 0 aromatic heterocycles. The summed E-state index contributed by atoms with van der Waals surface area (Å²) in [6.07, 6.45) is 1.17. The minimum Gasteiger partial charge on any atom is -0.461 e. The summed E-state index contributed by atoms with van der Waals surface area (Å²) in [6.45, 7) is 1.80. The van der Waals surface area contributed by atoms with Crippen molar-refractivity contribution in [3.8, 4) is 11.1 Å². The van der Waals surface area contributed by atoms with E-state index < -0.39 is 11.8 Å². The molecular weight excluding hydrogens is 255 g/mol. The van der Waals surface area contributed by atoms with Gasteiger partial charge in [0.05, 0.1) is 6.61 Å². The number of benzene rings is 2. The lowest BCUT2D eigenvalue weighted by Gasteiger charge is -2.02. The molecule has 0 heterocycles. The van der Waals surface area contributed by atoms with Crippen molar-refractivity contribution in [2.24, 2.45) is 0 Å². The van der Waals surface area contributed by atoms with Gasteiger partial charge in [-0.05, 0) is 29.7 Å². The van der Waals surface area contributed by atoms with Crippen molar-refractivity contribution < 1.29 is 13.9 Å². The van der Waals surface area contributed by atoms with E-state index in [1.165, 1.54) is 6.08 Å². The van der Waals surface area contributed by atoms with E-state index in [1.54, 1.807) is 19.1 Å². The Morgan fingerprint density at radius 1 is 1.05 bits per heavy atom. The van der Waals surface area contributed by atoms with Gasteiger partial charge in [0.15, 0.2) is 0 Å². The maximum Gasteiger partial charge on any atom is 0.367 e. The number of carbonyl (C=O) groups excluding carboxylic acids is 1. The van der Waals surface area contributed by atoms with Gasteiger partial charge in [0, 0.05) is 0 Å². The monoisotopic (exact) mass is 270 g/mol. The second-order valence-electron chi connectivity index (χ2n) is 4.20. The van der Waals surface area contributed by atoms with E-state index in [9.17, 15) is 9.18 Å². The van der Waals surface area contributed by atoms with E-state index in [0.717, 1.165) is 11.1 Å². The predicted octanol–water partition coefficient (Wildman–Crippen LogP) is 4.23. The highest BCUT2D eigenvalue weighted by Crippen LogP contribution is 2.20. The lowest BCUT2D eigenvalue weighted by Crippen LogP contribution is -2.03. The summed E-state index contributed by atoms with van der Waals surface area (Å²) in [7, 11) is 0. The van der Waals surface area contributed by atoms with Gasteiger partial charge in [-0.15, -0.1) is 0 Å². The molecule has 3 heteroatoms. The number of ether oxygens (including phenoxy) is 1. The topological polar surface area (TPSA) is 26.3 Å². The molecule has 0 aliphatic carbocycles. The van der Waals surface area contributed by atoms with Crippen LogP contribution in [0.4, 0.5) is 4.39 Å². The number of hydrogen-bond donors (Lipinski definition) is 0. The fraction of sp³-hybridized carbons (Fsp3) is 0.118. The van der Waals surface area contributed by atoms with Crippen molar-refractivity contribution in [2.75, 3.05) is 6.61 Å². The quantitative estimate of drug-likeness (QED) is 0.614. The van der Waals surface area contributed by atoms with E-state index in [0.29, 0.717) is 5.56 Å². The number of carbonyl (C=O) groups is 1. The third kappa shape index (κ3) is 3.54. The molecule has 2 nitrogen and oxygen atoms in total. The van der Waals surface area contributed by atoms with E-state index in [2.05, 4.69) is 4.74 Å². The molecule has 0 aliphatic rings. The van der Waals surface area contributed by atoms with E-state index >= 15 is 0 Å². The number of halogens is 1. The van der Waals surface area contributed by atoms with Crippen molar-refractivity contribution in [3.05, 3.63) is 66.0 Å². The summed E-state index contributed by atoms with van der Waals surface area (Å²) in [5, 5.41) is 0. The molecule has 0 spiro atoms. The zero-order chi connectivity index (χ0) is 14.4. The van der Waals surface area contributed by atoms with Gasteiger partial charge in [0.25, 0.3) is 0 Å². The number of rotatable bonds is 4. The fourth-order valence-corrected chi connectivity index (χ4v) is 1.81. The van der Waals surface area contributed by atoms with Crippen LogP contribution in [0.25, 0.3) is 17.2 Å². The molecule has 2 aromatic rings. The van der Waals surface area contributed by atoms with Crippen LogP contribution in [-0.2, 0) is 9.53 Å². The second kappa shape index (κ2) is 6.66. The zero-order valence-electron chi connectivity index (χ0n) is 11.2. The average molecular weight is 270 g/mol. The standard InChI is InChI=1S/C17H15FO2/c1-2-20-17(19)16(18)12-13-8-10-15(11-9-13)14-6-4-3-5-7-14/h3-12H,2H2,1H3. The summed E-state index contributed by atoms with van der Waals surface area (Å²) in [4.78, 5) is 11.2. The van der Waals surface area contributed by atoms with Crippen molar-refractivity contribution in [3.63, 3.8) is 0 Å². The molecule has 0 amide bonds. The van der Waals surface area contributed by atoms with Gasteiger partial charge < -0.3 is 4.74 Å². The van der Waals surface area contributed by atoms with Gasteiger partial charge >= 0.3 is 5.97 Å². The zero-order valence-corrected chi connectivity index (χ0v) is 11.2. The molecular formula is C17H15FO2.